The topological polar surface area (TPSA) is 20.0 Å². The molecule has 2 heterocycles. The molecule has 1 aliphatic rings. The Bertz CT molecular complexity index is 919. The highest BCUT2D eigenvalue weighted by Crippen LogP contribution is 2.45. The highest BCUT2D eigenvalue weighted by atomic mass is 32.2. The normalized spacial score (nSPS) is 14.9. The molecule has 24 heavy (non-hydrogen) atoms. The summed E-state index contributed by atoms with van der Waals surface area (Å²) in [4.78, 5) is 8.13. The fraction of sp³-hybridized carbons (Fsp3) is 0.100. The Hall–Kier alpha value is -2.59. The van der Waals surface area contributed by atoms with E-state index in [-0.39, 0.29) is 0 Å². The van der Waals surface area contributed by atoms with Crippen molar-refractivity contribution in [2.45, 2.75) is 11.8 Å². The summed E-state index contributed by atoms with van der Waals surface area (Å²) in [6.45, 7) is 2.11. The van der Waals surface area contributed by atoms with Crippen molar-refractivity contribution < 1.29 is 4.57 Å². The summed E-state index contributed by atoms with van der Waals surface area (Å²) in [6.07, 6.45) is 4.04. The second kappa shape index (κ2) is 6.13. The zero-order chi connectivity index (χ0) is 16.5. The van der Waals surface area contributed by atoms with Gasteiger partial charge in [0, 0.05) is 24.1 Å². The Morgan fingerprint density at radius 2 is 1.79 bits per heavy atom. The summed E-state index contributed by atoms with van der Waals surface area (Å²) in [7, 11) is 2.10. The molecular formula is C20H18N3S+. The summed E-state index contributed by atoms with van der Waals surface area (Å²) >= 11 is 1.79. The number of fused-ring (bicyclic) bond motifs is 1. The van der Waals surface area contributed by atoms with Crippen molar-refractivity contribution in [3.05, 3.63) is 83.4 Å². The molecule has 0 amide bonds. The molecule has 3 nitrogen and oxygen atoms in total. The summed E-state index contributed by atoms with van der Waals surface area (Å²) in [6, 6.07) is 20.9. The molecule has 0 bridgehead atoms. The van der Waals surface area contributed by atoms with Gasteiger partial charge in [-0.05, 0) is 36.2 Å². The van der Waals surface area contributed by atoms with E-state index in [1.807, 2.05) is 24.5 Å². The van der Waals surface area contributed by atoms with Crippen LogP contribution >= 0.6 is 11.8 Å². The minimum Gasteiger partial charge on any atom is -0.338 e. The molecule has 0 unspecified atom stereocenters. The van der Waals surface area contributed by atoms with Crippen molar-refractivity contribution >= 4 is 23.5 Å². The van der Waals surface area contributed by atoms with Crippen LogP contribution in [0.25, 0.3) is 11.8 Å². The lowest BCUT2D eigenvalue weighted by Crippen LogP contribution is -2.34. The Morgan fingerprint density at radius 1 is 1.04 bits per heavy atom. The molecule has 4 heteroatoms. The number of nitrogens with zero attached hydrogens (tertiary/aromatic N) is 3. The molecule has 4 rings (SSSR count). The molecule has 3 aromatic rings. The van der Waals surface area contributed by atoms with Crippen LogP contribution in [0.15, 0.2) is 76.9 Å². The smallest absolute Gasteiger partial charge is 0.292 e. The number of para-hydroxylation sites is 2. The van der Waals surface area contributed by atoms with Gasteiger partial charge in [-0.1, -0.05) is 42.1 Å². The van der Waals surface area contributed by atoms with Gasteiger partial charge < -0.3 is 4.90 Å². The Morgan fingerprint density at radius 3 is 2.54 bits per heavy atom. The maximum absolute atomic E-state index is 4.62. The van der Waals surface area contributed by atoms with E-state index in [4.69, 9.17) is 0 Å². The number of anilines is 1. The van der Waals surface area contributed by atoms with Crippen molar-refractivity contribution in [3.63, 3.8) is 0 Å². The number of rotatable bonds is 2. The maximum Gasteiger partial charge on any atom is 0.292 e. The van der Waals surface area contributed by atoms with E-state index < -0.39 is 0 Å². The zero-order valence-corrected chi connectivity index (χ0v) is 14.5. The van der Waals surface area contributed by atoms with E-state index in [1.54, 1.807) is 11.8 Å². The van der Waals surface area contributed by atoms with Crippen LogP contribution < -0.4 is 9.47 Å². The van der Waals surface area contributed by atoms with E-state index in [2.05, 4.69) is 77.0 Å². The number of aromatic nitrogens is 2. The predicted octanol–water partition coefficient (Wildman–Crippen LogP) is 4.21. The van der Waals surface area contributed by atoms with Crippen molar-refractivity contribution in [2.24, 2.45) is 0 Å². The summed E-state index contributed by atoms with van der Waals surface area (Å²) in [5, 5.41) is 1.19. The van der Waals surface area contributed by atoms with E-state index in [1.165, 1.54) is 15.6 Å². The molecular weight excluding hydrogens is 314 g/mol. The van der Waals surface area contributed by atoms with Gasteiger partial charge in [-0.15, -0.1) is 0 Å². The van der Waals surface area contributed by atoms with Gasteiger partial charge in [-0.2, -0.15) is 0 Å². The molecule has 0 N–H and O–H groups in total. The first-order valence-corrected chi connectivity index (χ1v) is 8.70. The van der Waals surface area contributed by atoms with Crippen LogP contribution in [0, 0.1) is 6.92 Å². The van der Waals surface area contributed by atoms with Crippen LogP contribution in [0.2, 0.25) is 0 Å². The minimum atomic E-state index is 0.974. The summed E-state index contributed by atoms with van der Waals surface area (Å²) in [5.74, 6) is 0. The lowest BCUT2D eigenvalue weighted by atomic mass is 10.2. The van der Waals surface area contributed by atoms with Crippen LogP contribution in [0.4, 0.5) is 5.69 Å². The molecule has 118 valence electrons. The van der Waals surface area contributed by atoms with Crippen LogP contribution in [0.1, 0.15) is 11.4 Å². The van der Waals surface area contributed by atoms with E-state index in [9.17, 15) is 0 Å². The minimum absolute atomic E-state index is 0.974. The Balaban J connectivity index is 1.66. The van der Waals surface area contributed by atoms with Crippen molar-refractivity contribution in [3.8, 4) is 5.69 Å². The number of hydrogen-bond donors (Lipinski definition) is 0. The Kier molecular flexibility index (Phi) is 3.82. The van der Waals surface area contributed by atoms with Gasteiger partial charge >= 0.3 is 0 Å². The van der Waals surface area contributed by atoms with Crippen molar-refractivity contribution in [1.29, 1.82) is 0 Å². The predicted molar refractivity (Wildman–Crippen MR) is 99.2 cm³/mol. The number of hydrogen-bond acceptors (Lipinski definition) is 3. The van der Waals surface area contributed by atoms with Crippen LogP contribution in [-0.2, 0) is 0 Å². The molecule has 2 aromatic carbocycles. The molecule has 0 aliphatic carbocycles. The first-order chi connectivity index (χ1) is 11.7. The van der Waals surface area contributed by atoms with Gasteiger partial charge in [0.25, 0.3) is 6.33 Å². The molecule has 0 fully saturated rings. The van der Waals surface area contributed by atoms with Gasteiger partial charge in [0.1, 0.15) is 11.4 Å². The molecule has 0 saturated carbocycles. The first-order valence-electron chi connectivity index (χ1n) is 7.88. The molecule has 1 aromatic heterocycles. The lowest BCUT2D eigenvalue weighted by molar-refractivity contribution is -0.606. The fourth-order valence-corrected chi connectivity index (χ4v) is 3.94. The number of thioether (sulfide) groups is 1. The van der Waals surface area contributed by atoms with E-state index in [0.29, 0.717) is 0 Å². The SMILES string of the molecule is Cc1cc(C=C2Sc3ccccc3N2C)nc[n+]1-c1ccccc1. The number of aryl methyl sites for hydroxylation is 1. The highest BCUT2D eigenvalue weighted by molar-refractivity contribution is 8.03. The highest BCUT2D eigenvalue weighted by Gasteiger charge is 2.22. The third-order valence-corrected chi connectivity index (χ3v) is 5.30. The molecule has 1 aliphatic heterocycles. The van der Waals surface area contributed by atoms with Gasteiger partial charge in [0.2, 0.25) is 0 Å². The standard InChI is InChI=1S/C20H18N3S/c1-15-12-16(21-14-23(15)17-8-4-3-5-9-17)13-20-22(2)18-10-6-7-11-19(18)24-20/h3-14H,1-2H3/q+1. The molecule has 0 atom stereocenters. The lowest BCUT2D eigenvalue weighted by Gasteiger charge is -2.12. The molecule has 0 spiro atoms. The van der Waals surface area contributed by atoms with Gasteiger partial charge in [-0.25, -0.2) is 4.57 Å². The quantitative estimate of drug-likeness (QED) is 0.656. The van der Waals surface area contributed by atoms with Gasteiger partial charge in [0.05, 0.1) is 10.7 Å². The number of benzene rings is 2. The molecule has 0 radical (unpaired) electrons. The van der Waals surface area contributed by atoms with Crippen molar-refractivity contribution in [2.75, 3.05) is 11.9 Å². The monoisotopic (exact) mass is 332 g/mol. The van der Waals surface area contributed by atoms with Crippen molar-refractivity contribution in [1.82, 2.24) is 4.98 Å². The third-order valence-electron chi connectivity index (χ3n) is 4.14. The zero-order valence-electron chi connectivity index (χ0n) is 13.7. The average molecular weight is 332 g/mol. The van der Waals surface area contributed by atoms with Crippen LogP contribution in [0.5, 0.6) is 0 Å². The second-order valence-corrected chi connectivity index (χ2v) is 6.83. The third kappa shape index (κ3) is 2.69. The average Bonchev–Trinajstić information content (AvgIpc) is 2.92. The maximum atomic E-state index is 4.62. The van der Waals surface area contributed by atoms with Gasteiger partial charge in [0.15, 0.2) is 5.69 Å². The second-order valence-electron chi connectivity index (χ2n) is 5.77. The van der Waals surface area contributed by atoms with Gasteiger partial charge in [-0.3, -0.25) is 0 Å². The van der Waals surface area contributed by atoms with E-state index >= 15 is 0 Å². The van der Waals surface area contributed by atoms with Crippen LogP contribution in [0.3, 0.4) is 0 Å². The van der Waals surface area contributed by atoms with E-state index in [0.717, 1.165) is 17.1 Å². The van der Waals surface area contributed by atoms with Crippen LogP contribution in [-0.4, -0.2) is 12.0 Å². The summed E-state index contributed by atoms with van der Waals surface area (Å²) in [5.41, 5.74) is 4.51. The first kappa shape index (κ1) is 15.0. The summed E-state index contributed by atoms with van der Waals surface area (Å²) < 4.78 is 2.10. The molecule has 0 saturated heterocycles. The largest absolute Gasteiger partial charge is 0.338 e. The fourth-order valence-electron chi connectivity index (χ4n) is 2.85. The Labute approximate surface area is 146 Å².